The lowest BCUT2D eigenvalue weighted by atomic mass is 10.1. The molecule has 0 saturated carbocycles. The second kappa shape index (κ2) is 9.77. The zero-order valence-electron chi connectivity index (χ0n) is 16.8. The van der Waals surface area contributed by atoms with Crippen LogP contribution >= 0.6 is 0 Å². The molecule has 2 aromatic rings. The molecular formula is C21H25N3O5. The van der Waals surface area contributed by atoms with Gasteiger partial charge in [0, 0.05) is 24.8 Å². The molecule has 1 atom stereocenters. The van der Waals surface area contributed by atoms with Crippen molar-refractivity contribution in [1.29, 1.82) is 0 Å². The first-order valence-corrected chi connectivity index (χ1v) is 9.36. The van der Waals surface area contributed by atoms with Gasteiger partial charge >= 0.3 is 0 Å². The number of nitrogens with zero attached hydrogens (tertiary/aromatic N) is 3. The Kier molecular flexibility index (Phi) is 6.89. The number of aromatic nitrogens is 2. The smallest absolute Gasteiger partial charge is 0.246 e. The maximum absolute atomic E-state index is 12.6. The zero-order chi connectivity index (χ0) is 20.6. The number of carbonyl (C=O) groups is 1. The van der Waals surface area contributed by atoms with Gasteiger partial charge < -0.3 is 23.8 Å². The Morgan fingerprint density at radius 1 is 1.03 bits per heavy atom. The summed E-state index contributed by atoms with van der Waals surface area (Å²) in [4.78, 5) is 14.4. The van der Waals surface area contributed by atoms with E-state index in [2.05, 4.69) is 10.2 Å². The van der Waals surface area contributed by atoms with Crippen LogP contribution in [-0.2, 0) is 4.79 Å². The van der Waals surface area contributed by atoms with Crippen LogP contribution in [0.15, 0.2) is 36.4 Å². The predicted octanol–water partition coefficient (Wildman–Crippen LogP) is 2.59. The molecule has 29 heavy (non-hydrogen) atoms. The number of methoxy groups -OCH3 is 3. The van der Waals surface area contributed by atoms with E-state index in [1.807, 2.05) is 18.2 Å². The zero-order valence-corrected chi connectivity index (χ0v) is 16.8. The molecule has 1 saturated heterocycles. The first kappa shape index (κ1) is 20.4. The van der Waals surface area contributed by atoms with Crippen molar-refractivity contribution in [3.63, 3.8) is 0 Å². The second-order valence-corrected chi connectivity index (χ2v) is 6.53. The molecule has 0 radical (unpaired) electrons. The van der Waals surface area contributed by atoms with Crippen LogP contribution in [0.1, 0.15) is 18.4 Å². The predicted molar refractivity (Wildman–Crippen MR) is 107 cm³/mol. The lowest BCUT2D eigenvalue weighted by molar-refractivity contribution is -0.128. The molecule has 154 valence electrons. The topological polar surface area (TPSA) is 83.0 Å². The summed E-state index contributed by atoms with van der Waals surface area (Å²) in [5.41, 5.74) is 0.856. The highest BCUT2D eigenvalue weighted by molar-refractivity contribution is 5.92. The minimum atomic E-state index is -0.120. The number of hydrogen-bond acceptors (Lipinski definition) is 7. The fourth-order valence-electron chi connectivity index (χ4n) is 3.11. The van der Waals surface area contributed by atoms with Crippen molar-refractivity contribution in [2.75, 3.05) is 34.4 Å². The first-order chi connectivity index (χ1) is 14.1. The maximum atomic E-state index is 12.6. The molecule has 3 rings (SSSR count). The Morgan fingerprint density at radius 3 is 2.48 bits per heavy atom. The number of hydrogen-bond donors (Lipinski definition) is 0. The van der Waals surface area contributed by atoms with Crippen LogP contribution in [0.4, 0.5) is 0 Å². The summed E-state index contributed by atoms with van der Waals surface area (Å²) in [5.74, 6) is 2.06. The molecule has 2 heterocycles. The van der Waals surface area contributed by atoms with Crippen LogP contribution < -0.4 is 18.9 Å². The van der Waals surface area contributed by atoms with Crippen molar-refractivity contribution >= 4 is 12.0 Å². The summed E-state index contributed by atoms with van der Waals surface area (Å²) >= 11 is 0. The Hall–Kier alpha value is -3.29. The summed E-state index contributed by atoms with van der Waals surface area (Å²) in [5, 5.41) is 7.88. The molecule has 0 N–H and O–H groups in total. The van der Waals surface area contributed by atoms with E-state index in [0.717, 1.165) is 18.4 Å². The minimum Gasteiger partial charge on any atom is -0.493 e. The number of carbonyl (C=O) groups excluding carboxylic acids is 1. The summed E-state index contributed by atoms with van der Waals surface area (Å²) in [6, 6.07) is 8.91. The minimum absolute atomic E-state index is 0.0612. The van der Waals surface area contributed by atoms with E-state index < -0.39 is 0 Å². The summed E-state index contributed by atoms with van der Waals surface area (Å²) in [6.45, 7) is 1.20. The number of rotatable bonds is 7. The van der Waals surface area contributed by atoms with Crippen LogP contribution in [0.3, 0.4) is 0 Å². The van der Waals surface area contributed by atoms with Crippen LogP contribution in [0.5, 0.6) is 23.3 Å². The molecule has 1 amide bonds. The number of piperidine rings is 1. The largest absolute Gasteiger partial charge is 0.493 e. The number of ether oxygens (including phenoxy) is 4. The highest BCUT2D eigenvalue weighted by atomic mass is 16.5. The van der Waals surface area contributed by atoms with Crippen molar-refractivity contribution < 1.29 is 23.7 Å². The molecule has 1 fully saturated rings. The normalized spacial score (nSPS) is 16.5. The number of amides is 1. The fourth-order valence-corrected chi connectivity index (χ4v) is 3.11. The van der Waals surface area contributed by atoms with Crippen LogP contribution in [0.25, 0.3) is 6.08 Å². The molecular weight excluding hydrogens is 374 g/mol. The van der Waals surface area contributed by atoms with Crippen LogP contribution in [0.2, 0.25) is 0 Å². The maximum Gasteiger partial charge on any atom is 0.246 e. The van der Waals surface area contributed by atoms with Crippen molar-refractivity contribution in [1.82, 2.24) is 15.1 Å². The number of benzene rings is 1. The van der Waals surface area contributed by atoms with E-state index >= 15 is 0 Å². The van der Waals surface area contributed by atoms with E-state index in [1.165, 1.54) is 7.11 Å². The van der Waals surface area contributed by atoms with Gasteiger partial charge in [-0.25, -0.2) is 0 Å². The third kappa shape index (κ3) is 5.37. The first-order valence-electron chi connectivity index (χ1n) is 9.36. The SMILES string of the molecule is COc1ccc(OC2CCCN(C(=O)/C=C/c3ccc(OC)c(OC)c3)C2)nn1. The van der Waals surface area contributed by atoms with Gasteiger partial charge in [0.25, 0.3) is 0 Å². The molecule has 8 nitrogen and oxygen atoms in total. The quantitative estimate of drug-likeness (QED) is 0.662. The highest BCUT2D eigenvalue weighted by Crippen LogP contribution is 2.28. The molecule has 0 spiro atoms. The molecule has 1 aromatic carbocycles. The van der Waals surface area contributed by atoms with Gasteiger partial charge in [0.2, 0.25) is 17.7 Å². The summed E-state index contributed by atoms with van der Waals surface area (Å²) < 4.78 is 21.4. The fraction of sp³-hybridized carbons (Fsp3) is 0.381. The van der Waals surface area contributed by atoms with Gasteiger partial charge in [0.05, 0.1) is 27.9 Å². The third-order valence-electron chi connectivity index (χ3n) is 4.63. The van der Waals surface area contributed by atoms with Gasteiger partial charge in [0.1, 0.15) is 6.10 Å². The van der Waals surface area contributed by atoms with Crippen molar-refractivity contribution in [3.8, 4) is 23.3 Å². The van der Waals surface area contributed by atoms with E-state index in [1.54, 1.807) is 43.4 Å². The molecule has 1 unspecified atom stereocenters. The molecule has 0 aliphatic carbocycles. The van der Waals surface area contributed by atoms with Crippen LogP contribution in [-0.4, -0.2) is 61.5 Å². The van der Waals surface area contributed by atoms with Gasteiger partial charge in [0.15, 0.2) is 11.5 Å². The average Bonchev–Trinajstić information content (AvgIpc) is 2.78. The van der Waals surface area contributed by atoms with Gasteiger partial charge in [-0.05, 0) is 36.6 Å². The third-order valence-corrected chi connectivity index (χ3v) is 4.63. The van der Waals surface area contributed by atoms with E-state index in [4.69, 9.17) is 18.9 Å². The van der Waals surface area contributed by atoms with E-state index in [9.17, 15) is 4.79 Å². The highest BCUT2D eigenvalue weighted by Gasteiger charge is 2.24. The number of likely N-dealkylation sites (tertiary alicyclic amines) is 1. The molecule has 0 bridgehead atoms. The van der Waals surface area contributed by atoms with Crippen molar-refractivity contribution in [2.45, 2.75) is 18.9 Å². The Balaban J connectivity index is 1.59. The monoisotopic (exact) mass is 399 g/mol. The average molecular weight is 399 g/mol. The molecule has 1 aliphatic rings. The van der Waals surface area contributed by atoms with E-state index in [0.29, 0.717) is 36.3 Å². The lowest BCUT2D eigenvalue weighted by Gasteiger charge is -2.31. The molecule has 1 aliphatic heterocycles. The van der Waals surface area contributed by atoms with Gasteiger partial charge in [-0.3, -0.25) is 4.79 Å². The van der Waals surface area contributed by atoms with Crippen LogP contribution in [0, 0.1) is 0 Å². The summed E-state index contributed by atoms with van der Waals surface area (Å²) in [7, 11) is 4.70. The Morgan fingerprint density at radius 2 is 1.79 bits per heavy atom. The molecule has 8 heteroatoms. The molecule has 1 aromatic heterocycles. The summed E-state index contributed by atoms with van der Waals surface area (Å²) in [6.07, 6.45) is 4.94. The van der Waals surface area contributed by atoms with Crippen molar-refractivity contribution in [3.05, 3.63) is 42.0 Å². The Bertz CT molecular complexity index is 854. The van der Waals surface area contributed by atoms with Gasteiger partial charge in [-0.15, -0.1) is 10.2 Å². The van der Waals surface area contributed by atoms with Crippen molar-refractivity contribution in [2.24, 2.45) is 0 Å². The van der Waals surface area contributed by atoms with Gasteiger partial charge in [-0.2, -0.15) is 0 Å². The second-order valence-electron chi connectivity index (χ2n) is 6.53. The van der Waals surface area contributed by atoms with Gasteiger partial charge in [-0.1, -0.05) is 6.07 Å². The lowest BCUT2D eigenvalue weighted by Crippen LogP contribution is -2.43. The van der Waals surface area contributed by atoms with E-state index in [-0.39, 0.29) is 12.0 Å². The standard InChI is InChI=1S/C21H25N3O5/c1-26-17-8-6-15(13-18(17)27-2)7-11-21(25)24-12-4-5-16(14-24)29-20-10-9-19(28-3)22-23-20/h6-11,13,16H,4-5,12,14H2,1-3H3/b11-7+. The Labute approximate surface area is 170 Å².